The smallest absolute Gasteiger partial charge is 0.303 e. The van der Waals surface area contributed by atoms with Crippen LogP contribution < -0.4 is 0 Å². The maximum atomic E-state index is 11.8. The first-order valence-electron chi connectivity index (χ1n) is 10.6. The Morgan fingerprint density at radius 1 is 1.15 bits per heavy atom. The molecule has 4 nitrogen and oxygen atoms in total. The lowest BCUT2D eigenvalue weighted by molar-refractivity contribution is -0.148. The van der Waals surface area contributed by atoms with Gasteiger partial charge >= 0.3 is 5.97 Å². The molecule has 0 saturated heterocycles. The molecule has 4 aliphatic carbocycles. The van der Waals surface area contributed by atoms with Crippen molar-refractivity contribution in [3.05, 3.63) is 11.6 Å². The first-order valence-corrected chi connectivity index (χ1v) is 10.6. The summed E-state index contributed by atoms with van der Waals surface area (Å²) in [4.78, 5) is 22.9. The zero-order valence-electron chi connectivity index (χ0n) is 15.9. The monoisotopic (exact) mass is 360 g/mol. The molecule has 3 saturated carbocycles. The number of fused-ring (bicyclic) bond motifs is 5. The third-order valence-corrected chi connectivity index (χ3v) is 8.69. The Labute approximate surface area is 156 Å². The van der Waals surface area contributed by atoms with E-state index in [1.807, 2.05) is 6.08 Å². The first kappa shape index (κ1) is 18.2. The van der Waals surface area contributed by atoms with Crippen molar-refractivity contribution in [1.82, 2.24) is 0 Å². The van der Waals surface area contributed by atoms with E-state index >= 15 is 0 Å². The Hall–Kier alpha value is -1.16. The van der Waals surface area contributed by atoms with Crippen molar-refractivity contribution in [3.63, 3.8) is 0 Å². The fraction of sp³-hybridized carbons (Fsp3) is 0.818. The van der Waals surface area contributed by atoms with E-state index in [2.05, 4.69) is 6.92 Å². The number of allylic oxidation sites excluding steroid dienone is 1. The number of aliphatic carboxylic acids is 1. The SMILES string of the molecule is CC[C@]12CC[C@H]3[C@@H](CCC4=CC(=O)CC[C@@H]43)[C@@H]1CC[C@]2(O)CCC(=O)O. The average Bonchev–Trinajstić information content (AvgIpc) is 2.93. The molecule has 6 atom stereocenters. The minimum absolute atomic E-state index is 0.0662. The molecule has 4 heteroatoms. The van der Waals surface area contributed by atoms with Crippen LogP contribution in [0.4, 0.5) is 0 Å². The molecule has 26 heavy (non-hydrogen) atoms. The van der Waals surface area contributed by atoms with E-state index in [9.17, 15) is 14.7 Å². The molecule has 144 valence electrons. The Morgan fingerprint density at radius 2 is 1.96 bits per heavy atom. The summed E-state index contributed by atoms with van der Waals surface area (Å²) in [5.74, 6) is 1.89. The number of carboxylic acids is 1. The van der Waals surface area contributed by atoms with Crippen molar-refractivity contribution in [2.45, 2.75) is 83.2 Å². The zero-order chi connectivity index (χ0) is 18.5. The number of ketones is 1. The van der Waals surface area contributed by atoms with Crippen LogP contribution in [-0.4, -0.2) is 27.6 Å². The molecule has 2 N–H and O–H groups in total. The second-order valence-corrected chi connectivity index (χ2v) is 9.32. The number of carbonyl (C=O) groups excluding carboxylic acids is 1. The van der Waals surface area contributed by atoms with Gasteiger partial charge in [0.05, 0.1) is 5.60 Å². The molecule has 0 spiro atoms. The number of rotatable bonds is 4. The maximum absolute atomic E-state index is 11.8. The predicted molar refractivity (Wildman–Crippen MR) is 98.5 cm³/mol. The summed E-state index contributed by atoms with van der Waals surface area (Å²) >= 11 is 0. The molecule has 3 fully saturated rings. The molecular formula is C22H32O4. The summed E-state index contributed by atoms with van der Waals surface area (Å²) in [5, 5.41) is 20.7. The Bertz CT molecular complexity index is 638. The van der Waals surface area contributed by atoms with Gasteiger partial charge in [0.1, 0.15) is 0 Å². The van der Waals surface area contributed by atoms with Gasteiger partial charge in [-0.1, -0.05) is 12.5 Å². The molecule has 4 aliphatic rings. The van der Waals surface area contributed by atoms with E-state index in [1.165, 1.54) is 5.57 Å². The van der Waals surface area contributed by atoms with Crippen molar-refractivity contribution in [1.29, 1.82) is 0 Å². The summed E-state index contributed by atoms with van der Waals surface area (Å²) in [6, 6.07) is 0. The van der Waals surface area contributed by atoms with Crippen LogP contribution in [0.15, 0.2) is 11.6 Å². The van der Waals surface area contributed by atoms with Crippen molar-refractivity contribution in [2.24, 2.45) is 29.1 Å². The summed E-state index contributed by atoms with van der Waals surface area (Å²) in [6.07, 6.45) is 11.2. The van der Waals surface area contributed by atoms with Gasteiger partial charge in [0.15, 0.2) is 5.78 Å². The molecule has 4 rings (SSSR count). The number of carbonyl (C=O) groups is 2. The van der Waals surface area contributed by atoms with E-state index in [0.717, 1.165) is 51.4 Å². The minimum atomic E-state index is -0.811. The van der Waals surface area contributed by atoms with E-state index in [4.69, 9.17) is 5.11 Å². The standard InChI is InChI=1S/C22H32O4/c1-2-21-10-7-17-16-6-4-15(23)13-14(16)3-5-18(17)19(21)8-11-22(21,26)12-9-20(24)25/h13,16-19,26H,2-12H2,1H3,(H,24,25)/t16-,17+,18+,19-,21-,22-/m0/s1. The first-order chi connectivity index (χ1) is 12.4. The van der Waals surface area contributed by atoms with Crippen molar-refractivity contribution >= 4 is 11.8 Å². The number of aliphatic hydroxyl groups is 1. The van der Waals surface area contributed by atoms with E-state index in [1.54, 1.807) is 0 Å². The fourth-order valence-electron chi connectivity index (χ4n) is 7.56. The van der Waals surface area contributed by atoms with Crippen LogP contribution in [0.25, 0.3) is 0 Å². The van der Waals surface area contributed by atoms with Gasteiger partial charge in [-0.15, -0.1) is 0 Å². The van der Waals surface area contributed by atoms with Gasteiger partial charge in [-0.2, -0.15) is 0 Å². The highest BCUT2D eigenvalue weighted by Crippen LogP contribution is 2.67. The lowest BCUT2D eigenvalue weighted by Gasteiger charge is -2.57. The highest BCUT2D eigenvalue weighted by Gasteiger charge is 2.63. The normalized spacial score (nSPS) is 44.7. The Morgan fingerprint density at radius 3 is 2.69 bits per heavy atom. The van der Waals surface area contributed by atoms with Gasteiger partial charge in [-0.3, -0.25) is 9.59 Å². The van der Waals surface area contributed by atoms with Crippen LogP contribution >= 0.6 is 0 Å². The second kappa shape index (κ2) is 6.47. The maximum Gasteiger partial charge on any atom is 0.303 e. The van der Waals surface area contributed by atoms with Crippen LogP contribution in [0.3, 0.4) is 0 Å². The highest BCUT2D eigenvalue weighted by molar-refractivity contribution is 5.91. The largest absolute Gasteiger partial charge is 0.481 e. The van der Waals surface area contributed by atoms with E-state index in [0.29, 0.717) is 42.3 Å². The van der Waals surface area contributed by atoms with Gasteiger partial charge in [0.25, 0.3) is 0 Å². The van der Waals surface area contributed by atoms with E-state index < -0.39 is 11.6 Å². The molecule has 0 radical (unpaired) electrons. The second-order valence-electron chi connectivity index (χ2n) is 9.32. The van der Waals surface area contributed by atoms with Crippen LogP contribution in [0.2, 0.25) is 0 Å². The van der Waals surface area contributed by atoms with E-state index in [-0.39, 0.29) is 11.8 Å². The summed E-state index contributed by atoms with van der Waals surface area (Å²) < 4.78 is 0. The molecule has 0 heterocycles. The lowest BCUT2D eigenvalue weighted by Crippen LogP contribution is -2.54. The van der Waals surface area contributed by atoms with Gasteiger partial charge in [0, 0.05) is 18.3 Å². The van der Waals surface area contributed by atoms with Gasteiger partial charge in [-0.25, -0.2) is 0 Å². The third kappa shape index (κ3) is 2.59. The summed E-state index contributed by atoms with van der Waals surface area (Å²) in [5.41, 5.74) is 0.481. The van der Waals surface area contributed by atoms with Crippen molar-refractivity contribution < 1.29 is 19.8 Å². The van der Waals surface area contributed by atoms with Crippen LogP contribution in [0, 0.1) is 29.1 Å². The van der Waals surface area contributed by atoms with Gasteiger partial charge in [-0.05, 0) is 87.5 Å². The van der Waals surface area contributed by atoms with Gasteiger partial charge < -0.3 is 10.2 Å². The number of hydrogen-bond acceptors (Lipinski definition) is 3. The molecule has 0 bridgehead atoms. The third-order valence-electron chi connectivity index (χ3n) is 8.69. The molecule has 0 amide bonds. The molecule has 0 aromatic carbocycles. The molecular weight excluding hydrogens is 328 g/mol. The molecule has 0 aromatic heterocycles. The van der Waals surface area contributed by atoms with Crippen molar-refractivity contribution in [3.8, 4) is 0 Å². The molecule has 0 unspecified atom stereocenters. The summed E-state index contributed by atoms with van der Waals surface area (Å²) in [6.45, 7) is 2.19. The quantitative estimate of drug-likeness (QED) is 0.791. The van der Waals surface area contributed by atoms with Gasteiger partial charge in [0.2, 0.25) is 0 Å². The van der Waals surface area contributed by atoms with Crippen LogP contribution in [-0.2, 0) is 9.59 Å². The van der Waals surface area contributed by atoms with Crippen molar-refractivity contribution in [2.75, 3.05) is 0 Å². The summed E-state index contributed by atoms with van der Waals surface area (Å²) in [7, 11) is 0. The van der Waals surface area contributed by atoms with Crippen LogP contribution in [0.1, 0.15) is 77.6 Å². The molecule has 0 aliphatic heterocycles. The Balaban J connectivity index is 1.60. The number of carboxylic acid groups (broad SMARTS) is 1. The lowest BCUT2D eigenvalue weighted by atomic mass is 9.49. The topological polar surface area (TPSA) is 74.6 Å². The highest BCUT2D eigenvalue weighted by atomic mass is 16.4. The van der Waals surface area contributed by atoms with Crippen LogP contribution in [0.5, 0.6) is 0 Å². The zero-order valence-corrected chi connectivity index (χ0v) is 15.9. The fourth-order valence-corrected chi connectivity index (χ4v) is 7.56. The molecule has 0 aromatic rings. The average molecular weight is 360 g/mol. The Kier molecular flexibility index (Phi) is 4.53. The predicted octanol–water partition coefficient (Wildman–Crippen LogP) is 4.11. The minimum Gasteiger partial charge on any atom is -0.481 e. The number of hydrogen-bond donors (Lipinski definition) is 2.